The number of benzene rings is 1. The maximum Gasteiger partial charge on any atom is 0.0102 e. The molecule has 1 heterocycles. The summed E-state index contributed by atoms with van der Waals surface area (Å²) in [5, 5.41) is 3.43. The Morgan fingerprint density at radius 2 is 1.79 bits per heavy atom. The molecule has 0 bridgehead atoms. The maximum atomic E-state index is 3.43. The number of aryl methyl sites for hydroxylation is 1. The fourth-order valence-corrected chi connectivity index (χ4v) is 3.57. The molecule has 1 saturated carbocycles. The van der Waals surface area contributed by atoms with E-state index in [9.17, 15) is 0 Å². The zero-order chi connectivity index (χ0) is 13.3. The lowest BCUT2D eigenvalue weighted by atomic mass is 9.72. The molecule has 2 aliphatic rings. The molecule has 0 atom stereocenters. The van der Waals surface area contributed by atoms with Gasteiger partial charge in [0.15, 0.2) is 0 Å². The van der Waals surface area contributed by atoms with Crippen molar-refractivity contribution in [1.29, 1.82) is 0 Å². The fourth-order valence-electron chi connectivity index (χ4n) is 3.57. The van der Waals surface area contributed by atoms with Gasteiger partial charge in [-0.15, -0.1) is 0 Å². The molecule has 0 amide bonds. The summed E-state index contributed by atoms with van der Waals surface area (Å²) in [7, 11) is 2.09. The largest absolute Gasteiger partial charge is 0.319 e. The minimum absolute atomic E-state index is 0.355. The van der Waals surface area contributed by atoms with Gasteiger partial charge in [0.2, 0.25) is 0 Å². The molecule has 0 unspecified atom stereocenters. The van der Waals surface area contributed by atoms with Gasteiger partial charge in [-0.25, -0.2) is 0 Å². The van der Waals surface area contributed by atoms with Crippen molar-refractivity contribution in [2.24, 2.45) is 0 Å². The molecule has 1 aliphatic heterocycles. The van der Waals surface area contributed by atoms with Crippen LogP contribution >= 0.6 is 0 Å². The highest BCUT2D eigenvalue weighted by molar-refractivity contribution is 5.30. The van der Waals surface area contributed by atoms with Crippen molar-refractivity contribution in [2.75, 3.05) is 26.7 Å². The van der Waals surface area contributed by atoms with Crippen LogP contribution in [0.25, 0.3) is 0 Å². The van der Waals surface area contributed by atoms with Gasteiger partial charge in [-0.2, -0.15) is 0 Å². The molecule has 0 aromatic heterocycles. The quantitative estimate of drug-likeness (QED) is 0.893. The zero-order valence-electron chi connectivity index (χ0n) is 12.3. The predicted molar refractivity (Wildman–Crippen MR) is 80.6 cm³/mol. The molecule has 104 valence electrons. The smallest absolute Gasteiger partial charge is 0.0102 e. The molecule has 2 nitrogen and oxygen atoms in total. The number of rotatable bonds is 4. The summed E-state index contributed by atoms with van der Waals surface area (Å²) in [6.07, 6.45) is 5.47. The second-order valence-corrected chi connectivity index (χ2v) is 6.44. The Hall–Kier alpha value is -0.860. The normalized spacial score (nSPS) is 23.5. The van der Waals surface area contributed by atoms with Crippen LogP contribution in [0.4, 0.5) is 0 Å². The Balaban J connectivity index is 1.77. The number of piperidine rings is 1. The third-order valence-electron chi connectivity index (χ3n) is 5.00. The van der Waals surface area contributed by atoms with Gasteiger partial charge in [-0.3, -0.25) is 0 Å². The van der Waals surface area contributed by atoms with Crippen molar-refractivity contribution < 1.29 is 0 Å². The van der Waals surface area contributed by atoms with Gasteiger partial charge in [0, 0.05) is 18.0 Å². The molecule has 0 spiro atoms. The van der Waals surface area contributed by atoms with Crippen LogP contribution in [-0.2, 0) is 5.41 Å². The highest BCUT2D eigenvalue weighted by atomic mass is 15.2. The first-order valence-electron chi connectivity index (χ1n) is 7.69. The minimum atomic E-state index is 0.355. The van der Waals surface area contributed by atoms with E-state index < -0.39 is 0 Å². The van der Waals surface area contributed by atoms with E-state index in [2.05, 4.69) is 48.5 Å². The van der Waals surface area contributed by atoms with Crippen LogP contribution in [0.2, 0.25) is 0 Å². The molecule has 3 rings (SSSR count). The molecule has 1 aromatic rings. The number of likely N-dealkylation sites (N-methyl/N-ethyl adjacent to an activating group) is 1. The summed E-state index contributed by atoms with van der Waals surface area (Å²) >= 11 is 0. The first-order chi connectivity index (χ1) is 9.23. The van der Waals surface area contributed by atoms with Crippen molar-refractivity contribution in [3.8, 4) is 0 Å². The Bertz CT molecular complexity index is 411. The predicted octanol–water partition coefficient (Wildman–Crippen LogP) is 2.71. The first kappa shape index (κ1) is 13.1. The second-order valence-electron chi connectivity index (χ2n) is 6.44. The van der Waals surface area contributed by atoms with Gasteiger partial charge >= 0.3 is 0 Å². The van der Waals surface area contributed by atoms with Crippen LogP contribution < -0.4 is 5.32 Å². The van der Waals surface area contributed by atoms with Gasteiger partial charge < -0.3 is 10.2 Å². The Kier molecular flexibility index (Phi) is 3.64. The molecule has 1 saturated heterocycles. The number of nitrogens with one attached hydrogen (secondary N) is 1. The maximum absolute atomic E-state index is 3.43. The number of hydrogen-bond acceptors (Lipinski definition) is 2. The first-order valence-corrected chi connectivity index (χ1v) is 7.69. The molecular weight excluding hydrogens is 232 g/mol. The van der Waals surface area contributed by atoms with E-state index in [0.717, 1.165) is 12.6 Å². The number of likely N-dealkylation sites (tertiary alicyclic amines) is 1. The number of nitrogens with zero attached hydrogens (tertiary/aromatic N) is 1. The van der Waals surface area contributed by atoms with Crippen LogP contribution in [0.3, 0.4) is 0 Å². The Labute approximate surface area is 117 Å². The fraction of sp³-hybridized carbons (Fsp3) is 0.647. The van der Waals surface area contributed by atoms with Gasteiger partial charge in [-0.1, -0.05) is 29.8 Å². The SMILES string of the molecule is CNCC1(c2ccc(C)cc2)CCN(C2CC2)CC1. The lowest BCUT2D eigenvalue weighted by molar-refractivity contribution is 0.150. The molecule has 1 aliphatic carbocycles. The summed E-state index contributed by atoms with van der Waals surface area (Å²) in [5.41, 5.74) is 3.25. The third-order valence-corrected chi connectivity index (χ3v) is 5.00. The van der Waals surface area contributed by atoms with Crippen LogP contribution in [-0.4, -0.2) is 37.6 Å². The second kappa shape index (κ2) is 5.26. The molecule has 2 fully saturated rings. The molecule has 0 radical (unpaired) electrons. The van der Waals surface area contributed by atoms with E-state index in [4.69, 9.17) is 0 Å². The monoisotopic (exact) mass is 258 g/mol. The Morgan fingerprint density at radius 3 is 2.32 bits per heavy atom. The van der Waals surface area contributed by atoms with Gasteiger partial charge in [0.05, 0.1) is 0 Å². The third kappa shape index (κ3) is 2.70. The van der Waals surface area contributed by atoms with E-state index >= 15 is 0 Å². The molecule has 1 aromatic carbocycles. The molecule has 2 heteroatoms. The summed E-state index contributed by atoms with van der Waals surface area (Å²) in [6, 6.07) is 10.1. The van der Waals surface area contributed by atoms with Crippen LogP contribution in [0.1, 0.15) is 36.8 Å². The average Bonchev–Trinajstić information content (AvgIpc) is 3.25. The van der Waals surface area contributed by atoms with E-state index in [0.29, 0.717) is 5.41 Å². The summed E-state index contributed by atoms with van der Waals surface area (Å²) in [5.74, 6) is 0. The number of hydrogen-bond donors (Lipinski definition) is 1. The molecule has 19 heavy (non-hydrogen) atoms. The topological polar surface area (TPSA) is 15.3 Å². The van der Waals surface area contributed by atoms with Crippen LogP contribution in [0, 0.1) is 6.92 Å². The Morgan fingerprint density at radius 1 is 1.16 bits per heavy atom. The zero-order valence-corrected chi connectivity index (χ0v) is 12.3. The summed E-state index contributed by atoms with van der Waals surface area (Å²) in [6.45, 7) is 5.83. The van der Waals surface area contributed by atoms with Crippen molar-refractivity contribution >= 4 is 0 Å². The highest BCUT2D eigenvalue weighted by Gasteiger charge is 2.39. The van der Waals surface area contributed by atoms with E-state index in [-0.39, 0.29) is 0 Å². The van der Waals surface area contributed by atoms with E-state index in [1.54, 1.807) is 0 Å². The lowest BCUT2D eigenvalue weighted by Crippen LogP contribution is -2.48. The van der Waals surface area contributed by atoms with Gasteiger partial charge in [-0.05, 0) is 58.3 Å². The van der Waals surface area contributed by atoms with Crippen molar-refractivity contribution in [3.05, 3.63) is 35.4 Å². The van der Waals surface area contributed by atoms with Crippen molar-refractivity contribution in [2.45, 2.75) is 44.1 Å². The summed E-state index contributed by atoms with van der Waals surface area (Å²) in [4.78, 5) is 2.71. The van der Waals surface area contributed by atoms with Crippen LogP contribution in [0.5, 0.6) is 0 Å². The highest BCUT2D eigenvalue weighted by Crippen LogP contribution is 2.38. The van der Waals surface area contributed by atoms with Gasteiger partial charge in [0.25, 0.3) is 0 Å². The minimum Gasteiger partial charge on any atom is -0.319 e. The van der Waals surface area contributed by atoms with E-state index in [1.165, 1.54) is 49.9 Å². The van der Waals surface area contributed by atoms with Crippen LogP contribution in [0.15, 0.2) is 24.3 Å². The lowest BCUT2D eigenvalue weighted by Gasteiger charge is -2.42. The molecular formula is C17H26N2. The van der Waals surface area contributed by atoms with Crippen molar-refractivity contribution in [3.63, 3.8) is 0 Å². The molecule has 1 N–H and O–H groups in total. The van der Waals surface area contributed by atoms with Crippen molar-refractivity contribution in [1.82, 2.24) is 10.2 Å². The summed E-state index contributed by atoms with van der Waals surface area (Å²) < 4.78 is 0. The average molecular weight is 258 g/mol. The van der Waals surface area contributed by atoms with Gasteiger partial charge in [0.1, 0.15) is 0 Å². The van der Waals surface area contributed by atoms with E-state index in [1.807, 2.05) is 0 Å². The standard InChI is InChI=1S/C17H26N2/c1-14-3-5-15(6-4-14)17(13-18-2)9-11-19(12-10-17)16-7-8-16/h3-6,16,18H,7-13H2,1-2H3.